The topological polar surface area (TPSA) is 41.1 Å². The van der Waals surface area contributed by atoms with Gasteiger partial charge in [0.2, 0.25) is 5.91 Å². The molecule has 0 saturated carbocycles. The SMILES string of the molecule is C=Cc1ccc(CC(NCC)C(=O)NC)cc1C=C. The van der Waals surface area contributed by atoms with E-state index in [1.165, 1.54) is 0 Å². The van der Waals surface area contributed by atoms with Gasteiger partial charge in [0.1, 0.15) is 0 Å². The molecule has 1 atom stereocenters. The van der Waals surface area contributed by atoms with E-state index in [1.54, 1.807) is 13.1 Å². The Balaban J connectivity index is 2.93. The van der Waals surface area contributed by atoms with Gasteiger partial charge in [-0.05, 0) is 29.7 Å². The zero-order valence-corrected chi connectivity index (χ0v) is 11.7. The smallest absolute Gasteiger partial charge is 0.237 e. The van der Waals surface area contributed by atoms with Gasteiger partial charge in [0.05, 0.1) is 6.04 Å². The molecule has 1 aromatic rings. The first-order valence-corrected chi connectivity index (χ1v) is 6.49. The van der Waals surface area contributed by atoms with Crippen LogP contribution in [0.5, 0.6) is 0 Å². The van der Waals surface area contributed by atoms with E-state index in [0.717, 1.165) is 23.2 Å². The molecule has 2 N–H and O–H groups in total. The van der Waals surface area contributed by atoms with Crippen molar-refractivity contribution in [3.8, 4) is 0 Å². The normalized spacial score (nSPS) is 11.7. The number of carbonyl (C=O) groups is 1. The Morgan fingerprint density at radius 1 is 1.32 bits per heavy atom. The van der Waals surface area contributed by atoms with Crippen LogP contribution in [0, 0.1) is 0 Å². The van der Waals surface area contributed by atoms with Crippen molar-refractivity contribution < 1.29 is 4.79 Å². The number of amides is 1. The molecule has 102 valence electrons. The van der Waals surface area contributed by atoms with Crippen molar-refractivity contribution in [3.63, 3.8) is 0 Å². The summed E-state index contributed by atoms with van der Waals surface area (Å²) in [6.45, 7) is 10.3. The Morgan fingerprint density at radius 3 is 2.53 bits per heavy atom. The second-order valence-corrected chi connectivity index (χ2v) is 4.30. The highest BCUT2D eigenvalue weighted by molar-refractivity contribution is 5.81. The van der Waals surface area contributed by atoms with E-state index in [1.807, 2.05) is 25.1 Å². The third-order valence-corrected chi connectivity index (χ3v) is 3.04. The number of likely N-dealkylation sites (N-methyl/N-ethyl adjacent to an activating group) is 2. The van der Waals surface area contributed by atoms with Gasteiger partial charge in [-0.1, -0.05) is 50.4 Å². The first-order valence-electron chi connectivity index (χ1n) is 6.49. The molecule has 0 bridgehead atoms. The molecule has 3 nitrogen and oxygen atoms in total. The summed E-state index contributed by atoms with van der Waals surface area (Å²) < 4.78 is 0. The van der Waals surface area contributed by atoms with Crippen LogP contribution in [0.4, 0.5) is 0 Å². The first-order chi connectivity index (χ1) is 9.15. The monoisotopic (exact) mass is 258 g/mol. The van der Waals surface area contributed by atoms with Crippen LogP contribution in [0.25, 0.3) is 12.2 Å². The van der Waals surface area contributed by atoms with E-state index in [9.17, 15) is 4.79 Å². The lowest BCUT2D eigenvalue weighted by molar-refractivity contribution is -0.122. The van der Waals surface area contributed by atoms with Gasteiger partial charge in [0.25, 0.3) is 0 Å². The maximum Gasteiger partial charge on any atom is 0.237 e. The van der Waals surface area contributed by atoms with Crippen molar-refractivity contribution in [1.29, 1.82) is 0 Å². The van der Waals surface area contributed by atoms with E-state index < -0.39 is 0 Å². The molecule has 0 heterocycles. The van der Waals surface area contributed by atoms with Crippen LogP contribution >= 0.6 is 0 Å². The molecule has 0 aliphatic rings. The Morgan fingerprint density at radius 2 is 2.00 bits per heavy atom. The second kappa shape index (κ2) is 7.54. The van der Waals surface area contributed by atoms with Gasteiger partial charge < -0.3 is 10.6 Å². The highest BCUT2D eigenvalue weighted by atomic mass is 16.2. The Labute approximate surface area is 115 Å². The van der Waals surface area contributed by atoms with E-state index in [2.05, 4.69) is 29.9 Å². The van der Waals surface area contributed by atoms with Gasteiger partial charge >= 0.3 is 0 Å². The number of hydrogen-bond donors (Lipinski definition) is 2. The minimum Gasteiger partial charge on any atom is -0.358 e. The van der Waals surface area contributed by atoms with Crippen LogP contribution in [0.2, 0.25) is 0 Å². The van der Waals surface area contributed by atoms with Gasteiger partial charge in [-0.15, -0.1) is 0 Å². The van der Waals surface area contributed by atoms with E-state index in [4.69, 9.17) is 0 Å². The first kappa shape index (κ1) is 15.2. The van der Waals surface area contributed by atoms with Gasteiger partial charge in [-0.2, -0.15) is 0 Å². The van der Waals surface area contributed by atoms with Crippen molar-refractivity contribution in [2.45, 2.75) is 19.4 Å². The third kappa shape index (κ3) is 4.07. The van der Waals surface area contributed by atoms with Crippen LogP contribution in [0.1, 0.15) is 23.6 Å². The molecule has 0 aliphatic carbocycles. The summed E-state index contributed by atoms with van der Waals surface area (Å²) >= 11 is 0. The molecule has 1 unspecified atom stereocenters. The van der Waals surface area contributed by atoms with Crippen molar-refractivity contribution >= 4 is 18.1 Å². The molecule has 0 radical (unpaired) electrons. The van der Waals surface area contributed by atoms with Crippen LogP contribution in [-0.2, 0) is 11.2 Å². The zero-order chi connectivity index (χ0) is 14.3. The van der Waals surface area contributed by atoms with Gasteiger partial charge in [-0.25, -0.2) is 0 Å². The standard InChI is InChI=1S/C16H22N2O/c1-5-13-9-8-12(10-14(13)6-2)11-15(18-7-3)16(19)17-4/h5-6,8-10,15,18H,1-2,7,11H2,3-4H3,(H,17,19). The second-order valence-electron chi connectivity index (χ2n) is 4.30. The molecule has 0 aliphatic heterocycles. The number of benzene rings is 1. The average Bonchev–Trinajstić information content (AvgIpc) is 2.45. The Hall–Kier alpha value is -1.87. The predicted molar refractivity (Wildman–Crippen MR) is 81.9 cm³/mol. The average molecular weight is 258 g/mol. The molecule has 1 rings (SSSR count). The van der Waals surface area contributed by atoms with Gasteiger partial charge in [0, 0.05) is 7.05 Å². The van der Waals surface area contributed by atoms with Crippen molar-refractivity contribution in [3.05, 3.63) is 48.0 Å². The summed E-state index contributed by atoms with van der Waals surface area (Å²) in [5.74, 6) is 0.00907. The minimum atomic E-state index is -0.206. The van der Waals surface area contributed by atoms with Crippen molar-refractivity contribution in [2.75, 3.05) is 13.6 Å². The summed E-state index contributed by atoms with van der Waals surface area (Å²) in [4.78, 5) is 11.8. The zero-order valence-electron chi connectivity index (χ0n) is 11.7. The van der Waals surface area contributed by atoms with E-state index >= 15 is 0 Å². The minimum absolute atomic E-state index is 0.00907. The molecule has 3 heteroatoms. The van der Waals surface area contributed by atoms with Crippen LogP contribution in [0.3, 0.4) is 0 Å². The number of carbonyl (C=O) groups excluding carboxylic acids is 1. The van der Waals surface area contributed by atoms with Crippen molar-refractivity contribution in [1.82, 2.24) is 10.6 Å². The molecule has 1 amide bonds. The predicted octanol–water partition coefficient (Wildman–Crippen LogP) is 2.24. The third-order valence-electron chi connectivity index (χ3n) is 3.04. The summed E-state index contributed by atoms with van der Waals surface area (Å²) in [5.41, 5.74) is 3.20. The lowest BCUT2D eigenvalue weighted by Gasteiger charge is -2.17. The summed E-state index contributed by atoms with van der Waals surface area (Å²) in [7, 11) is 1.66. The van der Waals surface area contributed by atoms with E-state index in [-0.39, 0.29) is 11.9 Å². The van der Waals surface area contributed by atoms with E-state index in [0.29, 0.717) is 6.42 Å². The molecule has 0 fully saturated rings. The fourth-order valence-electron chi connectivity index (χ4n) is 2.03. The maximum atomic E-state index is 11.8. The summed E-state index contributed by atoms with van der Waals surface area (Å²) in [5, 5.41) is 5.87. The molecular formula is C16H22N2O. The largest absolute Gasteiger partial charge is 0.358 e. The highest BCUT2D eigenvalue weighted by Gasteiger charge is 2.16. The molecule has 0 spiro atoms. The number of hydrogen-bond acceptors (Lipinski definition) is 2. The fourth-order valence-corrected chi connectivity index (χ4v) is 2.03. The number of rotatable bonds is 7. The molecule has 1 aromatic carbocycles. The highest BCUT2D eigenvalue weighted by Crippen LogP contribution is 2.16. The van der Waals surface area contributed by atoms with Crippen molar-refractivity contribution in [2.24, 2.45) is 0 Å². The quantitative estimate of drug-likeness (QED) is 0.787. The molecular weight excluding hydrogens is 236 g/mol. The molecule has 0 saturated heterocycles. The Kier molecular flexibility index (Phi) is 6.03. The lowest BCUT2D eigenvalue weighted by atomic mass is 9.99. The molecule has 19 heavy (non-hydrogen) atoms. The van der Waals surface area contributed by atoms with Crippen LogP contribution in [-0.4, -0.2) is 25.5 Å². The molecule has 0 aromatic heterocycles. The summed E-state index contributed by atoms with van der Waals surface area (Å²) in [6, 6.07) is 5.88. The Bertz CT molecular complexity index is 466. The van der Waals surface area contributed by atoms with Crippen LogP contribution < -0.4 is 10.6 Å². The van der Waals surface area contributed by atoms with Gasteiger partial charge in [-0.3, -0.25) is 4.79 Å². The number of nitrogens with one attached hydrogen (secondary N) is 2. The maximum absolute atomic E-state index is 11.8. The van der Waals surface area contributed by atoms with Gasteiger partial charge in [0.15, 0.2) is 0 Å². The lowest BCUT2D eigenvalue weighted by Crippen LogP contribution is -2.44. The van der Waals surface area contributed by atoms with Crippen LogP contribution in [0.15, 0.2) is 31.4 Å². The fraction of sp³-hybridized carbons (Fsp3) is 0.312. The summed E-state index contributed by atoms with van der Waals surface area (Å²) in [6.07, 6.45) is 4.27.